The van der Waals surface area contributed by atoms with Crippen LogP contribution in [0.25, 0.3) is 0 Å². The van der Waals surface area contributed by atoms with Crippen LogP contribution in [0, 0.1) is 5.92 Å². The van der Waals surface area contributed by atoms with E-state index in [1.807, 2.05) is 13.8 Å². The normalized spacial score (nSPS) is 27.1. The van der Waals surface area contributed by atoms with Crippen molar-refractivity contribution in [1.82, 2.24) is 5.32 Å². The molecule has 1 aliphatic carbocycles. The Morgan fingerprint density at radius 1 is 1.38 bits per heavy atom. The number of nitrogens with two attached hydrogens (primary N) is 1. The van der Waals surface area contributed by atoms with Gasteiger partial charge in [0.25, 0.3) is 0 Å². The number of hydrogen-bond donors (Lipinski definition) is 3. The Morgan fingerprint density at radius 3 is 2.44 bits per heavy atom. The van der Waals surface area contributed by atoms with Gasteiger partial charge in [-0.3, -0.25) is 4.79 Å². The number of halogens is 1. The molecule has 1 rings (SSSR count). The van der Waals surface area contributed by atoms with Gasteiger partial charge in [-0.15, -0.1) is 12.4 Å². The summed E-state index contributed by atoms with van der Waals surface area (Å²) in [6.45, 7) is 3.84. The van der Waals surface area contributed by atoms with Crippen molar-refractivity contribution in [2.75, 3.05) is 0 Å². The molecule has 0 aromatic carbocycles. The summed E-state index contributed by atoms with van der Waals surface area (Å²) in [7, 11) is 0. The maximum Gasteiger partial charge on any atom is 0.237 e. The van der Waals surface area contributed by atoms with E-state index in [0.717, 1.165) is 25.7 Å². The average molecular weight is 251 g/mol. The maximum atomic E-state index is 11.7. The minimum atomic E-state index is -0.473. The predicted molar refractivity (Wildman–Crippen MR) is 66.5 cm³/mol. The zero-order valence-corrected chi connectivity index (χ0v) is 10.8. The van der Waals surface area contributed by atoms with Gasteiger partial charge < -0.3 is 16.2 Å². The Labute approximate surface area is 103 Å². The first-order chi connectivity index (χ1) is 7.02. The highest BCUT2D eigenvalue weighted by atomic mass is 35.5. The number of hydrogen-bond acceptors (Lipinski definition) is 3. The summed E-state index contributed by atoms with van der Waals surface area (Å²) in [6, 6.07) is -0.574. The molecule has 0 bridgehead atoms. The van der Waals surface area contributed by atoms with Gasteiger partial charge in [-0.25, -0.2) is 0 Å². The van der Waals surface area contributed by atoms with E-state index in [4.69, 9.17) is 5.73 Å². The van der Waals surface area contributed by atoms with Crippen LogP contribution < -0.4 is 11.1 Å². The minimum Gasteiger partial charge on any atom is -0.391 e. The fourth-order valence-electron chi connectivity index (χ4n) is 1.86. The van der Waals surface area contributed by atoms with Gasteiger partial charge in [0, 0.05) is 0 Å². The van der Waals surface area contributed by atoms with Crippen molar-refractivity contribution in [3.8, 4) is 0 Å². The van der Waals surface area contributed by atoms with Gasteiger partial charge in [-0.1, -0.05) is 26.7 Å². The molecule has 0 radical (unpaired) electrons. The van der Waals surface area contributed by atoms with Crippen molar-refractivity contribution >= 4 is 18.3 Å². The number of rotatable bonds is 3. The van der Waals surface area contributed by atoms with Crippen molar-refractivity contribution < 1.29 is 9.90 Å². The average Bonchev–Trinajstić information content (AvgIpc) is 2.20. The fraction of sp³-hybridized carbons (Fsp3) is 0.909. The molecule has 0 aromatic rings. The van der Waals surface area contributed by atoms with Crippen LogP contribution in [0.2, 0.25) is 0 Å². The molecule has 0 saturated heterocycles. The third kappa shape index (κ3) is 4.28. The van der Waals surface area contributed by atoms with Crippen LogP contribution in [-0.4, -0.2) is 29.2 Å². The summed E-state index contributed by atoms with van der Waals surface area (Å²) in [5.41, 5.74) is 5.73. The first-order valence-electron chi connectivity index (χ1n) is 5.76. The first-order valence-corrected chi connectivity index (χ1v) is 5.76. The Kier molecular flexibility index (Phi) is 6.95. The molecule has 96 valence electrons. The minimum absolute atomic E-state index is 0. The van der Waals surface area contributed by atoms with Crippen molar-refractivity contribution in [2.24, 2.45) is 11.7 Å². The third-order valence-electron chi connectivity index (χ3n) is 3.08. The molecule has 0 aromatic heterocycles. The monoisotopic (exact) mass is 250 g/mol. The molecule has 0 unspecified atom stereocenters. The second-order valence-corrected chi connectivity index (χ2v) is 4.74. The Bertz CT molecular complexity index is 224. The van der Waals surface area contributed by atoms with E-state index in [1.54, 1.807) is 0 Å². The topological polar surface area (TPSA) is 75.4 Å². The van der Waals surface area contributed by atoms with E-state index < -0.39 is 12.1 Å². The molecule has 0 heterocycles. The van der Waals surface area contributed by atoms with Crippen LogP contribution in [0.5, 0.6) is 0 Å². The molecule has 1 aliphatic rings. The van der Waals surface area contributed by atoms with Gasteiger partial charge in [-0.05, 0) is 18.8 Å². The van der Waals surface area contributed by atoms with Crippen LogP contribution in [0.1, 0.15) is 39.5 Å². The summed E-state index contributed by atoms with van der Waals surface area (Å²) < 4.78 is 0. The maximum absolute atomic E-state index is 11.7. The van der Waals surface area contributed by atoms with Gasteiger partial charge in [0.2, 0.25) is 5.91 Å². The number of aliphatic hydroxyl groups excluding tert-OH is 1. The number of nitrogens with one attached hydrogen (secondary N) is 1. The van der Waals surface area contributed by atoms with Crippen LogP contribution in [0.15, 0.2) is 0 Å². The van der Waals surface area contributed by atoms with Crippen LogP contribution in [0.4, 0.5) is 0 Å². The number of carbonyl (C=O) groups is 1. The number of aliphatic hydroxyl groups is 1. The van der Waals surface area contributed by atoms with Gasteiger partial charge in [-0.2, -0.15) is 0 Å². The first kappa shape index (κ1) is 15.7. The molecule has 0 spiro atoms. The second kappa shape index (κ2) is 7.09. The van der Waals surface area contributed by atoms with Gasteiger partial charge in [0.15, 0.2) is 0 Å². The smallest absolute Gasteiger partial charge is 0.237 e. The molecule has 1 amide bonds. The van der Waals surface area contributed by atoms with Gasteiger partial charge >= 0.3 is 0 Å². The molecule has 1 fully saturated rings. The van der Waals surface area contributed by atoms with E-state index in [9.17, 15) is 9.90 Å². The standard InChI is InChI=1S/C11H22N2O2.ClH/c1-7(2)10(12)11(15)13-8-5-3-4-6-9(8)14;/h7-10,14H,3-6,12H2,1-2H3,(H,13,15);1H/t8-,9-,10-;/m0./s1. The van der Waals surface area contributed by atoms with E-state index in [0.29, 0.717) is 0 Å². The summed E-state index contributed by atoms with van der Waals surface area (Å²) >= 11 is 0. The molecule has 4 N–H and O–H groups in total. The number of amides is 1. The Balaban J connectivity index is 0.00000225. The molecule has 16 heavy (non-hydrogen) atoms. The molecular weight excluding hydrogens is 228 g/mol. The van der Waals surface area contributed by atoms with Crippen LogP contribution in [0.3, 0.4) is 0 Å². The summed E-state index contributed by atoms with van der Waals surface area (Å²) in [6.07, 6.45) is 3.35. The van der Waals surface area contributed by atoms with Crippen molar-refractivity contribution in [3.63, 3.8) is 0 Å². The lowest BCUT2D eigenvalue weighted by atomic mass is 9.92. The summed E-state index contributed by atoms with van der Waals surface area (Å²) in [5, 5.41) is 12.5. The second-order valence-electron chi connectivity index (χ2n) is 4.74. The lowest BCUT2D eigenvalue weighted by Gasteiger charge is -2.29. The molecule has 5 heteroatoms. The zero-order chi connectivity index (χ0) is 11.4. The van der Waals surface area contributed by atoms with Crippen molar-refractivity contribution in [3.05, 3.63) is 0 Å². The highest BCUT2D eigenvalue weighted by Gasteiger charge is 2.27. The Morgan fingerprint density at radius 2 is 1.94 bits per heavy atom. The lowest BCUT2D eigenvalue weighted by molar-refractivity contribution is -0.125. The molecular formula is C11H23ClN2O2. The largest absolute Gasteiger partial charge is 0.391 e. The van der Waals surface area contributed by atoms with Gasteiger partial charge in [0.05, 0.1) is 18.2 Å². The van der Waals surface area contributed by atoms with Crippen LogP contribution >= 0.6 is 12.4 Å². The molecule has 0 aliphatic heterocycles. The van der Waals surface area contributed by atoms with Crippen molar-refractivity contribution in [2.45, 2.75) is 57.7 Å². The van der Waals surface area contributed by atoms with Crippen LogP contribution in [-0.2, 0) is 4.79 Å². The lowest BCUT2D eigenvalue weighted by Crippen LogP contribution is -2.52. The fourth-order valence-corrected chi connectivity index (χ4v) is 1.86. The summed E-state index contributed by atoms with van der Waals surface area (Å²) in [5.74, 6) is -0.0123. The highest BCUT2D eigenvalue weighted by molar-refractivity contribution is 5.85. The van der Waals surface area contributed by atoms with E-state index in [1.165, 1.54) is 0 Å². The SMILES string of the molecule is CC(C)[C@H](N)C(=O)N[C@H]1CCCC[C@@H]1O.Cl. The molecule has 3 atom stereocenters. The number of carbonyl (C=O) groups excluding carboxylic acids is 1. The van der Waals surface area contributed by atoms with Crippen molar-refractivity contribution in [1.29, 1.82) is 0 Å². The van der Waals surface area contributed by atoms with Gasteiger partial charge in [0.1, 0.15) is 0 Å². The predicted octanol–water partition coefficient (Wildman–Crippen LogP) is 0.811. The third-order valence-corrected chi connectivity index (χ3v) is 3.08. The zero-order valence-electron chi connectivity index (χ0n) is 9.98. The quantitative estimate of drug-likeness (QED) is 0.694. The summed E-state index contributed by atoms with van der Waals surface area (Å²) in [4.78, 5) is 11.7. The van der Waals surface area contributed by atoms with E-state index >= 15 is 0 Å². The molecule has 1 saturated carbocycles. The molecule has 4 nitrogen and oxygen atoms in total. The van der Waals surface area contributed by atoms with E-state index in [2.05, 4.69) is 5.32 Å². The van der Waals surface area contributed by atoms with E-state index in [-0.39, 0.29) is 30.3 Å². The highest BCUT2D eigenvalue weighted by Crippen LogP contribution is 2.18. The Hall–Kier alpha value is -0.320.